The number of rotatable bonds is 7. The molecule has 0 heterocycles. The van der Waals surface area contributed by atoms with Gasteiger partial charge in [-0.2, -0.15) is 0 Å². The van der Waals surface area contributed by atoms with E-state index >= 15 is 0 Å². The van der Waals surface area contributed by atoms with Gasteiger partial charge in [0.2, 0.25) is 0 Å². The monoisotopic (exact) mass is 448 g/mol. The van der Waals surface area contributed by atoms with Crippen LogP contribution in [0.4, 0.5) is 4.39 Å². The van der Waals surface area contributed by atoms with Gasteiger partial charge in [-0.15, -0.1) is 0 Å². The maximum Gasteiger partial charge on any atom is 0.127 e. The molecule has 4 aromatic rings. The van der Waals surface area contributed by atoms with Crippen LogP contribution in [0.1, 0.15) is 67.3 Å². The molecule has 0 bridgehead atoms. The summed E-state index contributed by atoms with van der Waals surface area (Å²) in [7, 11) is 0. The van der Waals surface area contributed by atoms with Crippen molar-refractivity contribution >= 4 is 10.8 Å². The first-order valence-corrected chi connectivity index (χ1v) is 12.5. The Labute approximate surface area is 203 Å². The molecule has 0 atom stereocenters. The standard InChI is InChI=1S/C33H33F/c1-4-6-7-9-32-20-24(3)28(23-33(32)34)16-12-25-10-14-27(15-11-25)30-19-18-29-21-26(8-5-2)13-17-31(29)22-30/h10-11,13-15,17-23H,4-9H2,1-3H3. The lowest BCUT2D eigenvalue weighted by Crippen LogP contribution is -1.95. The smallest absolute Gasteiger partial charge is 0.127 e. The minimum absolute atomic E-state index is 0.139. The van der Waals surface area contributed by atoms with Crippen LogP contribution in [0, 0.1) is 24.6 Å². The summed E-state index contributed by atoms with van der Waals surface area (Å²) < 4.78 is 14.5. The van der Waals surface area contributed by atoms with Crippen molar-refractivity contribution in [2.45, 2.75) is 59.3 Å². The summed E-state index contributed by atoms with van der Waals surface area (Å²) in [6.45, 7) is 6.39. The molecular weight excluding hydrogens is 415 g/mol. The number of hydrogen-bond donors (Lipinski definition) is 0. The van der Waals surface area contributed by atoms with Crippen LogP contribution < -0.4 is 0 Å². The van der Waals surface area contributed by atoms with Gasteiger partial charge in [0.1, 0.15) is 5.82 Å². The normalized spacial score (nSPS) is 10.8. The Bertz CT molecular complexity index is 1330. The van der Waals surface area contributed by atoms with Crippen molar-refractivity contribution in [1.82, 2.24) is 0 Å². The minimum Gasteiger partial charge on any atom is -0.207 e. The fourth-order valence-electron chi connectivity index (χ4n) is 4.44. The molecule has 0 spiro atoms. The molecule has 172 valence electrons. The summed E-state index contributed by atoms with van der Waals surface area (Å²) in [6.07, 6.45) is 6.39. The average molecular weight is 449 g/mol. The van der Waals surface area contributed by atoms with E-state index in [1.807, 2.05) is 25.1 Å². The van der Waals surface area contributed by atoms with Crippen molar-refractivity contribution < 1.29 is 4.39 Å². The molecule has 0 aromatic heterocycles. The van der Waals surface area contributed by atoms with E-state index in [1.165, 1.54) is 27.5 Å². The topological polar surface area (TPSA) is 0 Å². The zero-order chi connectivity index (χ0) is 23.9. The largest absolute Gasteiger partial charge is 0.207 e. The van der Waals surface area contributed by atoms with Gasteiger partial charge in [0.15, 0.2) is 0 Å². The van der Waals surface area contributed by atoms with Crippen LogP contribution >= 0.6 is 0 Å². The number of benzene rings is 4. The van der Waals surface area contributed by atoms with Gasteiger partial charge in [0.05, 0.1) is 0 Å². The average Bonchev–Trinajstić information content (AvgIpc) is 2.85. The Balaban J connectivity index is 1.51. The maximum atomic E-state index is 14.5. The van der Waals surface area contributed by atoms with Crippen LogP contribution in [-0.2, 0) is 12.8 Å². The van der Waals surface area contributed by atoms with Crippen LogP contribution in [0.3, 0.4) is 0 Å². The van der Waals surface area contributed by atoms with Crippen LogP contribution in [0.25, 0.3) is 21.9 Å². The predicted octanol–water partition coefficient (Wildman–Crippen LogP) is 9.04. The Morgan fingerprint density at radius 1 is 0.676 bits per heavy atom. The number of hydrogen-bond acceptors (Lipinski definition) is 0. The summed E-state index contributed by atoms with van der Waals surface area (Å²) in [6, 6.07) is 25.3. The molecule has 0 aliphatic rings. The molecule has 0 nitrogen and oxygen atoms in total. The van der Waals surface area contributed by atoms with E-state index in [0.29, 0.717) is 0 Å². The predicted molar refractivity (Wildman–Crippen MR) is 144 cm³/mol. The quantitative estimate of drug-likeness (QED) is 0.195. The first-order valence-electron chi connectivity index (χ1n) is 12.5. The van der Waals surface area contributed by atoms with E-state index in [4.69, 9.17) is 0 Å². The van der Waals surface area contributed by atoms with Gasteiger partial charge in [-0.05, 0) is 89.0 Å². The van der Waals surface area contributed by atoms with Gasteiger partial charge in [-0.1, -0.05) is 93.5 Å². The third-order valence-electron chi connectivity index (χ3n) is 6.45. The van der Waals surface area contributed by atoms with Crippen molar-refractivity contribution in [1.29, 1.82) is 0 Å². The second-order valence-corrected chi connectivity index (χ2v) is 9.19. The van der Waals surface area contributed by atoms with Gasteiger partial charge >= 0.3 is 0 Å². The van der Waals surface area contributed by atoms with Gasteiger partial charge in [0, 0.05) is 11.1 Å². The summed E-state index contributed by atoms with van der Waals surface area (Å²) in [4.78, 5) is 0. The van der Waals surface area contributed by atoms with E-state index in [9.17, 15) is 4.39 Å². The Kier molecular flexibility index (Phi) is 7.81. The Morgan fingerprint density at radius 2 is 1.41 bits per heavy atom. The van der Waals surface area contributed by atoms with Crippen molar-refractivity contribution in [2.75, 3.05) is 0 Å². The van der Waals surface area contributed by atoms with E-state index in [2.05, 4.69) is 74.2 Å². The highest BCUT2D eigenvalue weighted by Gasteiger charge is 2.06. The molecule has 0 unspecified atom stereocenters. The molecule has 4 rings (SSSR count). The number of aryl methyl sites for hydroxylation is 3. The molecule has 0 saturated heterocycles. The Hall–Kier alpha value is -3.37. The molecule has 1 heteroatoms. The second-order valence-electron chi connectivity index (χ2n) is 9.19. The van der Waals surface area contributed by atoms with E-state index < -0.39 is 0 Å². The fraction of sp³-hybridized carbons (Fsp3) is 0.273. The highest BCUT2D eigenvalue weighted by Crippen LogP contribution is 2.26. The van der Waals surface area contributed by atoms with Crippen molar-refractivity contribution in [3.63, 3.8) is 0 Å². The zero-order valence-corrected chi connectivity index (χ0v) is 20.5. The minimum atomic E-state index is -0.139. The van der Waals surface area contributed by atoms with Gasteiger partial charge in [0.25, 0.3) is 0 Å². The maximum absolute atomic E-state index is 14.5. The molecule has 34 heavy (non-hydrogen) atoms. The molecule has 0 radical (unpaired) electrons. The van der Waals surface area contributed by atoms with E-state index in [0.717, 1.165) is 60.8 Å². The van der Waals surface area contributed by atoms with Crippen LogP contribution in [0.15, 0.2) is 72.8 Å². The van der Waals surface area contributed by atoms with Crippen molar-refractivity contribution in [3.8, 4) is 23.0 Å². The van der Waals surface area contributed by atoms with Crippen LogP contribution in [0.2, 0.25) is 0 Å². The third-order valence-corrected chi connectivity index (χ3v) is 6.45. The SMILES string of the molecule is CCCCCc1cc(C)c(C#Cc2ccc(-c3ccc4cc(CCC)ccc4c3)cc2)cc1F. The molecule has 0 fully saturated rings. The fourth-order valence-corrected chi connectivity index (χ4v) is 4.44. The number of unbranched alkanes of at least 4 members (excludes halogenated alkanes) is 2. The number of halogens is 1. The Morgan fingerprint density at radius 3 is 2.18 bits per heavy atom. The summed E-state index contributed by atoms with van der Waals surface area (Å²) >= 11 is 0. The second kappa shape index (κ2) is 11.2. The highest BCUT2D eigenvalue weighted by atomic mass is 19.1. The van der Waals surface area contributed by atoms with Gasteiger partial charge < -0.3 is 0 Å². The number of fused-ring (bicyclic) bond motifs is 1. The van der Waals surface area contributed by atoms with Crippen molar-refractivity contribution in [3.05, 3.63) is 106 Å². The molecule has 0 aliphatic heterocycles. The van der Waals surface area contributed by atoms with Gasteiger partial charge in [-0.3, -0.25) is 0 Å². The molecule has 0 amide bonds. The van der Waals surface area contributed by atoms with E-state index in [1.54, 1.807) is 6.07 Å². The lowest BCUT2D eigenvalue weighted by Gasteiger charge is -2.07. The molecule has 0 saturated carbocycles. The lowest BCUT2D eigenvalue weighted by atomic mass is 9.98. The zero-order valence-electron chi connectivity index (χ0n) is 20.5. The summed E-state index contributed by atoms with van der Waals surface area (Å²) in [5.41, 5.74) is 7.30. The molecular formula is C33H33F. The van der Waals surface area contributed by atoms with Crippen LogP contribution in [-0.4, -0.2) is 0 Å². The third kappa shape index (κ3) is 5.75. The van der Waals surface area contributed by atoms with Gasteiger partial charge in [-0.25, -0.2) is 4.39 Å². The first-order chi connectivity index (χ1) is 16.6. The molecule has 4 aromatic carbocycles. The summed E-state index contributed by atoms with van der Waals surface area (Å²) in [5, 5.41) is 2.55. The summed E-state index contributed by atoms with van der Waals surface area (Å²) in [5.74, 6) is 6.24. The first kappa shape index (κ1) is 23.8. The van der Waals surface area contributed by atoms with E-state index in [-0.39, 0.29) is 5.82 Å². The molecule has 0 aliphatic carbocycles. The van der Waals surface area contributed by atoms with Crippen LogP contribution in [0.5, 0.6) is 0 Å². The van der Waals surface area contributed by atoms with Crippen molar-refractivity contribution in [2.24, 2.45) is 0 Å². The lowest BCUT2D eigenvalue weighted by molar-refractivity contribution is 0.597. The molecule has 0 N–H and O–H groups in total. The highest BCUT2D eigenvalue weighted by molar-refractivity contribution is 5.88.